The fourth-order valence-corrected chi connectivity index (χ4v) is 5.38. The Balaban J connectivity index is 1.79. The molecule has 2 aromatic rings. The summed E-state index contributed by atoms with van der Waals surface area (Å²) >= 11 is 3.07. The van der Waals surface area contributed by atoms with E-state index >= 15 is 0 Å². The van der Waals surface area contributed by atoms with E-state index in [1.165, 1.54) is 11.3 Å². The molecule has 2 heterocycles. The third-order valence-corrected chi connectivity index (χ3v) is 7.08. The fourth-order valence-electron chi connectivity index (χ4n) is 3.36. The van der Waals surface area contributed by atoms with Gasteiger partial charge < -0.3 is 14.5 Å². The molecule has 0 unspecified atom stereocenters. The smallest absolute Gasteiger partial charge is 0.264 e. The van der Waals surface area contributed by atoms with Gasteiger partial charge in [0, 0.05) is 24.7 Å². The number of hydrogen-bond acceptors (Lipinski definition) is 5. The molecule has 150 valence electrons. The van der Waals surface area contributed by atoms with Crippen molar-refractivity contribution in [2.75, 3.05) is 20.2 Å². The summed E-state index contributed by atoms with van der Waals surface area (Å²) in [6.07, 6.45) is 0. The number of nitrogens with zero attached hydrogens (tertiary/aromatic N) is 2. The number of para-hydroxylation sites is 1. The highest BCUT2D eigenvalue weighted by molar-refractivity contribution is 8.01. The highest BCUT2D eigenvalue weighted by Crippen LogP contribution is 2.45. The summed E-state index contributed by atoms with van der Waals surface area (Å²) in [6.45, 7) is 6.94. The number of hydrogen-bond donors (Lipinski definition) is 0. The maximum atomic E-state index is 12.9. The van der Waals surface area contributed by atoms with Gasteiger partial charge in [0.15, 0.2) is 0 Å². The van der Waals surface area contributed by atoms with Gasteiger partial charge in [-0.2, -0.15) is 0 Å². The molecule has 7 heteroatoms. The SMILES string of the molecule is COc1ccccc1[C@@H]1S[C@H](C)C(=O)N1CCN(C(=O)c1cccs1)C(C)C. The Bertz CT molecular complexity index is 823. The zero-order valence-corrected chi connectivity index (χ0v) is 18.3. The quantitative estimate of drug-likeness (QED) is 0.674. The van der Waals surface area contributed by atoms with E-state index in [1.807, 2.05) is 72.3 Å². The monoisotopic (exact) mass is 418 g/mol. The van der Waals surface area contributed by atoms with Crippen molar-refractivity contribution in [1.82, 2.24) is 9.80 Å². The summed E-state index contributed by atoms with van der Waals surface area (Å²) in [4.78, 5) is 30.1. The highest BCUT2D eigenvalue weighted by atomic mass is 32.2. The lowest BCUT2D eigenvalue weighted by Crippen LogP contribution is -2.43. The molecule has 3 rings (SSSR count). The van der Waals surface area contributed by atoms with Gasteiger partial charge in [0.25, 0.3) is 5.91 Å². The van der Waals surface area contributed by atoms with Gasteiger partial charge in [0.05, 0.1) is 17.2 Å². The van der Waals surface area contributed by atoms with Crippen LogP contribution >= 0.6 is 23.1 Å². The van der Waals surface area contributed by atoms with Gasteiger partial charge in [-0.05, 0) is 38.3 Å². The molecule has 2 amide bonds. The average Bonchev–Trinajstić information content (AvgIpc) is 3.31. The Morgan fingerprint density at radius 3 is 2.64 bits per heavy atom. The van der Waals surface area contributed by atoms with Crippen LogP contribution in [0.5, 0.6) is 5.75 Å². The number of amides is 2. The Morgan fingerprint density at radius 2 is 2.00 bits per heavy atom. The fraction of sp³-hybridized carbons (Fsp3) is 0.429. The van der Waals surface area contributed by atoms with E-state index in [2.05, 4.69) is 0 Å². The second-order valence-electron chi connectivity index (χ2n) is 6.97. The van der Waals surface area contributed by atoms with Crippen molar-refractivity contribution < 1.29 is 14.3 Å². The van der Waals surface area contributed by atoms with Crippen LogP contribution in [0.25, 0.3) is 0 Å². The van der Waals surface area contributed by atoms with Gasteiger partial charge in [0.2, 0.25) is 5.91 Å². The van der Waals surface area contributed by atoms with Crippen molar-refractivity contribution in [2.45, 2.75) is 37.4 Å². The molecule has 28 heavy (non-hydrogen) atoms. The van der Waals surface area contributed by atoms with E-state index in [0.29, 0.717) is 13.1 Å². The number of methoxy groups -OCH3 is 1. The first-order valence-electron chi connectivity index (χ1n) is 9.37. The number of thiophene rings is 1. The van der Waals surface area contributed by atoms with Crippen LogP contribution in [-0.2, 0) is 4.79 Å². The van der Waals surface area contributed by atoms with E-state index in [1.54, 1.807) is 18.9 Å². The van der Waals surface area contributed by atoms with Crippen molar-refractivity contribution in [1.29, 1.82) is 0 Å². The number of carbonyl (C=O) groups is 2. The lowest BCUT2D eigenvalue weighted by molar-refractivity contribution is -0.130. The molecule has 0 N–H and O–H groups in total. The van der Waals surface area contributed by atoms with Gasteiger partial charge in [-0.25, -0.2) is 0 Å². The second kappa shape index (κ2) is 9.01. The topological polar surface area (TPSA) is 49.9 Å². The van der Waals surface area contributed by atoms with Gasteiger partial charge in [-0.15, -0.1) is 23.1 Å². The molecule has 2 atom stereocenters. The van der Waals surface area contributed by atoms with Crippen molar-refractivity contribution >= 4 is 34.9 Å². The number of benzene rings is 1. The number of thioether (sulfide) groups is 1. The lowest BCUT2D eigenvalue weighted by Gasteiger charge is -2.31. The van der Waals surface area contributed by atoms with Gasteiger partial charge in [-0.1, -0.05) is 24.3 Å². The van der Waals surface area contributed by atoms with Crippen LogP contribution < -0.4 is 4.74 Å². The number of ether oxygens (including phenoxy) is 1. The Kier molecular flexibility index (Phi) is 6.67. The molecule has 5 nitrogen and oxygen atoms in total. The standard InChI is InChI=1S/C21H26N2O3S2/c1-14(2)22(20(25)18-10-7-13-27-18)11-12-23-19(24)15(3)28-21(23)16-8-5-6-9-17(16)26-4/h5-10,13-15,21H,11-12H2,1-4H3/t15-,21+/m1/s1. The van der Waals surface area contributed by atoms with E-state index in [4.69, 9.17) is 4.74 Å². The summed E-state index contributed by atoms with van der Waals surface area (Å²) in [5.74, 6) is 0.904. The molecule has 0 bridgehead atoms. The van der Waals surface area contributed by atoms with Crippen LogP contribution in [0.3, 0.4) is 0 Å². The molecule has 1 aromatic carbocycles. The van der Waals surface area contributed by atoms with E-state index in [0.717, 1.165) is 16.2 Å². The van der Waals surface area contributed by atoms with Crippen LogP contribution in [0.4, 0.5) is 0 Å². The van der Waals surface area contributed by atoms with E-state index in [9.17, 15) is 9.59 Å². The molecular formula is C21H26N2O3S2. The minimum atomic E-state index is -0.115. The average molecular weight is 419 g/mol. The Hall–Kier alpha value is -1.99. The summed E-state index contributed by atoms with van der Waals surface area (Å²) in [6, 6.07) is 11.6. The van der Waals surface area contributed by atoms with Gasteiger partial charge >= 0.3 is 0 Å². The predicted molar refractivity (Wildman–Crippen MR) is 115 cm³/mol. The van der Waals surface area contributed by atoms with Crippen LogP contribution in [0.15, 0.2) is 41.8 Å². The molecule has 0 radical (unpaired) electrons. The third-order valence-electron chi connectivity index (χ3n) is 4.85. The molecular weight excluding hydrogens is 392 g/mol. The molecule has 0 spiro atoms. The van der Waals surface area contributed by atoms with Crippen molar-refractivity contribution in [3.63, 3.8) is 0 Å². The van der Waals surface area contributed by atoms with E-state index < -0.39 is 0 Å². The lowest BCUT2D eigenvalue weighted by atomic mass is 10.1. The predicted octanol–water partition coefficient (Wildman–Crippen LogP) is 4.27. The van der Waals surface area contributed by atoms with Crippen molar-refractivity contribution in [3.05, 3.63) is 52.2 Å². The van der Waals surface area contributed by atoms with Gasteiger partial charge in [0.1, 0.15) is 11.1 Å². The first kappa shape index (κ1) is 20.7. The molecule has 1 fully saturated rings. The molecule has 0 aliphatic carbocycles. The van der Waals surface area contributed by atoms with Crippen molar-refractivity contribution in [2.24, 2.45) is 0 Å². The molecule has 1 saturated heterocycles. The normalized spacial score (nSPS) is 19.3. The maximum absolute atomic E-state index is 12.9. The van der Waals surface area contributed by atoms with Crippen LogP contribution in [0.1, 0.15) is 41.4 Å². The van der Waals surface area contributed by atoms with Gasteiger partial charge in [-0.3, -0.25) is 9.59 Å². The molecule has 1 aliphatic heterocycles. The number of carbonyl (C=O) groups excluding carboxylic acids is 2. The van der Waals surface area contributed by atoms with Crippen LogP contribution in [0, 0.1) is 0 Å². The zero-order chi connectivity index (χ0) is 20.3. The summed E-state index contributed by atoms with van der Waals surface area (Å²) in [5, 5.41) is 1.69. The number of rotatable bonds is 7. The highest BCUT2D eigenvalue weighted by Gasteiger charge is 2.39. The summed E-state index contributed by atoms with van der Waals surface area (Å²) in [5.41, 5.74) is 0.994. The minimum Gasteiger partial charge on any atom is -0.496 e. The second-order valence-corrected chi connectivity index (χ2v) is 9.35. The van der Waals surface area contributed by atoms with E-state index in [-0.39, 0.29) is 28.5 Å². The Labute approximate surface area is 174 Å². The summed E-state index contributed by atoms with van der Waals surface area (Å²) < 4.78 is 5.51. The maximum Gasteiger partial charge on any atom is 0.264 e. The minimum absolute atomic E-state index is 0.0196. The molecule has 1 aliphatic rings. The summed E-state index contributed by atoms with van der Waals surface area (Å²) in [7, 11) is 1.65. The largest absolute Gasteiger partial charge is 0.496 e. The third kappa shape index (κ3) is 4.20. The first-order chi connectivity index (χ1) is 13.4. The molecule has 1 aromatic heterocycles. The van der Waals surface area contributed by atoms with Crippen molar-refractivity contribution in [3.8, 4) is 5.75 Å². The van der Waals surface area contributed by atoms with Crippen LogP contribution in [0.2, 0.25) is 0 Å². The van der Waals surface area contributed by atoms with Crippen LogP contribution in [-0.4, -0.2) is 53.1 Å². The Morgan fingerprint density at radius 1 is 1.25 bits per heavy atom. The first-order valence-corrected chi connectivity index (χ1v) is 11.2. The molecule has 0 saturated carbocycles. The zero-order valence-electron chi connectivity index (χ0n) is 16.6.